The van der Waals surface area contributed by atoms with Crippen molar-refractivity contribution >= 4 is 16.9 Å². The Kier molecular flexibility index (Phi) is 3.60. The number of nitrogens with one attached hydrogen (secondary N) is 2. The van der Waals surface area contributed by atoms with Crippen molar-refractivity contribution in [3.8, 4) is 0 Å². The van der Waals surface area contributed by atoms with E-state index in [1.54, 1.807) is 0 Å². The highest BCUT2D eigenvalue weighted by Crippen LogP contribution is 2.20. The topological polar surface area (TPSA) is 57.8 Å². The van der Waals surface area contributed by atoms with Crippen LogP contribution in [0.4, 0.5) is 0 Å². The first-order valence-electron chi connectivity index (χ1n) is 6.59. The number of carbonyl (C=O) groups excluding carboxylic acids is 1. The third-order valence-corrected chi connectivity index (χ3v) is 2.89. The molecule has 0 aliphatic heterocycles. The zero-order valence-electron chi connectivity index (χ0n) is 11.9. The highest BCUT2D eigenvalue weighted by Gasteiger charge is 2.19. The maximum absolute atomic E-state index is 11.9. The lowest BCUT2D eigenvalue weighted by atomic mass is 9.92. The molecule has 1 heterocycles. The van der Waals surface area contributed by atoms with Crippen LogP contribution in [0.5, 0.6) is 0 Å². The van der Waals surface area contributed by atoms with Crippen LogP contribution >= 0.6 is 0 Å². The molecule has 2 N–H and O–H groups in total. The molecular formula is C15H21N3O. The van der Waals surface area contributed by atoms with Gasteiger partial charge < -0.3 is 10.3 Å². The maximum atomic E-state index is 11.9. The number of benzene rings is 1. The molecule has 1 amide bonds. The normalized spacial score (nSPS) is 13.5. The summed E-state index contributed by atoms with van der Waals surface area (Å²) in [5, 5.41) is 2.98. The number of fused-ring (bicyclic) bond motifs is 1. The number of aromatic nitrogens is 2. The summed E-state index contributed by atoms with van der Waals surface area (Å²) >= 11 is 0. The van der Waals surface area contributed by atoms with Crippen LogP contribution in [-0.2, 0) is 4.79 Å². The van der Waals surface area contributed by atoms with E-state index < -0.39 is 0 Å². The van der Waals surface area contributed by atoms with E-state index in [1.807, 2.05) is 31.2 Å². The number of imidazole rings is 1. The summed E-state index contributed by atoms with van der Waals surface area (Å²) in [7, 11) is 0. The molecule has 0 spiro atoms. The molecule has 0 aliphatic rings. The van der Waals surface area contributed by atoms with Gasteiger partial charge in [-0.25, -0.2) is 4.98 Å². The van der Waals surface area contributed by atoms with E-state index in [4.69, 9.17) is 0 Å². The van der Waals surface area contributed by atoms with Gasteiger partial charge in [0.25, 0.3) is 0 Å². The third-order valence-electron chi connectivity index (χ3n) is 2.89. The lowest BCUT2D eigenvalue weighted by Gasteiger charge is -2.19. The Bertz CT molecular complexity index is 547. The van der Waals surface area contributed by atoms with Crippen LogP contribution in [0.2, 0.25) is 0 Å². The van der Waals surface area contributed by atoms with Gasteiger partial charge in [0.1, 0.15) is 5.82 Å². The molecule has 4 nitrogen and oxygen atoms in total. The zero-order valence-corrected chi connectivity index (χ0v) is 11.9. The van der Waals surface area contributed by atoms with Crippen molar-refractivity contribution in [1.82, 2.24) is 15.3 Å². The van der Waals surface area contributed by atoms with Crippen LogP contribution in [0, 0.1) is 5.41 Å². The minimum atomic E-state index is -0.109. The molecule has 1 atom stereocenters. The molecule has 0 radical (unpaired) electrons. The first kappa shape index (κ1) is 13.6. The van der Waals surface area contributed by atoms with Crippen LogP contribution in [0.15, 0.2) is 24.3 Å². The first-order valence-corrected chi connectivity index (χ1v) is 6.59. The largest absolute Gasteiger partial charge is 0.346 e. The fourth-order valence-corrected chi connectivity index (χ4v) is 2.02. The van der Waals surface area contributed by atoms with E-state index in [2.05, 4.69) is 36.1 Å². The smallest absolute Gasteiger partial charge is 0.221 e. The molecule has 4 heteroatoms. The average molecular weight is 259 g/mol. The number of hydrogen-bond acceptors (Lipinski definition) is 2. The Morgan fingerprint density at radius 1 is 1.37 bits per heavy atom. The van der Waals surface area contributed by atoms with E-state index in [-0.39, 0.29) is 17.4 Å². The second-order valence-electron chi connectivity index (χ2n) is 6.17. The van der Waals surface area contributed by atoms with Crippen molar-refractivity contribution in [1.29, 1.82) is 0 Å². The monoisotopic (exact) mass is 259 g/mol. The number of rotatable bonds is 3. The van der Waals surface area contributed by atoms with Gasteiger partial charge in [-0.3, -0.25) is 4.79 Å². The lowest BCUT2D eigenvalue weighted by molar-refractivity contribution is -0.123. The number of aromatic amines is 1. The fourth-order valence-electron chi connectivity index (χ4n) is 2.02. The molecule has 0 aliphatic carbocycles. The molecule has 0 saturated carbocycles. The molecule has 1 aromatic heterocycles. The summed E-state index contributed by atoms with van der Waals surface area (Å²) in [6.07, 6.45) is 0.511. The van der Waals surface area contributed by atoms with Gasteiger partial charge in [-0.2, -0.15) is 0 Å². The lowest BCUT2D eigenvalue weighted by Crippen LogP contribution is -2.30. The van der Waals surface area contributed by atoms with E-state index in [1.165, 1.54) is 0 Å². The molecule has 2 rings (SSSR count). The van der Waals surface area contributed by atoms with Gasteiger partial charge in [-0.05, 0) is 24.5 Å². The molecule has 1 aromatic carbocycles. The van der Waals surface area contributed by atoms with Crippen LogP contribution < -0.4 is 5.32 Å². The van der Waals surface area contributed by atoms with Crippen LogP contribution in [0.1, 0.15) is 46.0 Å². The first-order chi connectivity index (χ1) is 8.85. The number of hydrogen-bond donors (Lipinski definition) is 2. The number of nitrogens with zero attached hydrogens (tertiary/aromatic N) is 1. The molecule has 19 heavy (non-hydrogen) atoms. The molecule has 0 saturated heterocycles. The number of para-hydroxylation sites is 2. The maximum Gasteiger partial charge on any atom is 0.221 e. The summed E-state index contributed by atoms with van der Waals surface area (Å²) < 4.78 is 0. The SMILES string of the molecule is CC(NC(=O)CC(C)(C)C)c1nc2ccccc2[nH]1. The van der Waals surface area contributed by atoms with Crippen molar-refractivity contribution in [2.75, 3.05) is 0 Å². The Morgan fingerprint density at radius 3 is 2.68 bits per heavy atom. The second kappa shape index (κ2) is 5.03. The predicted molar refractivity (Wildman–Crippen MR) is 76.7 cm³/mol. The van der Waals surface area contributed by atoms with Gasteiger partial charge in [0.15, 0.2) is 0 Å². The quantitative estimate of drug-likeness (QED) is 0.889. The van der Waals surface area contributed by atoms with Crippen LogP contribution in [0.25, 0.3) is 11.0 Å². The Hall–Kier alpha value is -1.84. The predicted octanol–water partition coefficient (Wildman–Crippen LogP) is 3.18. The minimum Gasteiger partial charge on any atom is -0.346 e. The summed E-state index contributed by atoms with van der Waals surface area (Å²) in [6, 6.07) is 7.75. The van der Waals surface area contributed by atoms with Gasteiger partial charge in [-0.15, -0.1) is 0 Å². The Morgan fingerprint density at radius 2 is 2.05 bits per heavy atom. The molecule has 0 bridgehead atoms. The third kappa shape index (κ3) is 3.56. The zero-order chi connectivity index (χ0) is 14.0. The van der Waals surface area contributed by atoms with Crippen LogP contribution in [0.3, 0.4) is 0 Å². The minimum absolute atomic E-state index is 0.00230. The number of H-pyrrole nitrogens is 1. The molecule has 102 valence electrons. The summed E-state index contributed by atoms with van der Waals surface area (Å²) in [4.78, 5) is 19.6. The highest BCUT2D eigenvalue weighted by molar-refractivity contribution is 5.78. The standard InChI is InChI=1S/C15H21N3O/c1-10(16-13(19)9-15(2,3)4)14-17-11-7-5-6-8-12(11)18-14/h5-8,10H,9H2,1-4H3,(H,16,19)(H,17,18). The number of amides is 1. The van der Waals surface area contributed by atoms with Gasteiger partial charge in [0, 0.05) is 6.42 Å². The Labute approximate surface area is 113 Å². The molecule has 2 aromatic rings. The van der Waals surface area contributed by atoms with Crippen LogP contribution in [-0.4, -0.2) is 15.9 Å². The highest BCUT2D eigenvalue weighted by atomic mass is 16.1. The van der Waals surface area contributed by atoms with Crippen molar-refractivity contribution < 1.29 is 4.79 Å². The van der Waals surface area contributed by atoms with Gasteiger partial charge in [-0.1, -0.05) is 32.9 Å². The van der Waals surface area contributed by atoms with Crippen molar-refractivity contribution in [2.45, 2.75) is 40.2 Å². The second-order valence-corrected chi connectivity index (χ2v) is 6.17. The van der Waals surface area contributed by atoms with Crippen molar-refractivity contribution in [3.63, 3.8) is 0 Å². The van der Waals surface area contributed by atoms with Gasteiger partial charge in [0.2, 0.25) is 5.91 Å². The average Bonchev–Trinajstić information content (AvgIpc) is 2.69. The van der Waals surface area contributed by atoms with E-state index in [9.17, 15) is 4.79 Å². The van der Waals surface area contributed by atoms with Gasteiger partial charge in [0.05, 0.1) is 17.1 Å². The summed E-state index contributed by atoms with van der Waals surface area (Å²) in [5.41, 5.74) is 1.92. The van der Waals surface area contributed by atoms with E-state index >= 15 is 0 Å². The van der Waals surface area contributed by atoms with Crippen molar-refractivity contribution in [3.05, 3.63) is 30.1 Å². The summed E-state index contributed by atoms with van der Waals surface area (Å²) in [6.45, 7) is 8.10. The van der Waals surface area contributed by atoms with Gasteiger partial charge >= 0.3 is 0 Å². The summed E-state index contributed by atoms with van der Waals surface area (Å²) in [5.74, 6) is 0.851. The molecule has 1 unspecified atom stereocenters. The fraction of sp³-hybridized carbons (Fsp3) is 0.467. The van der Waals surface area contributed by atoms with E-state index in [0.717, 1.165) is 16.9 Å². The van der Waals surface area contributed by atoms with Crippen molar-refractivity contribution in [2.24, 2.45) is 5.41 Å². The molecular weight excluding hydrogens is 238 g/mol. The molecule has 0 fully saturated rings. The number of carbonyl (C=O) groups is 1. The van der Waals surface area contributed by atoms with E-state index in [0.29, 0.717) is 6.42 Å². The Balaban J connectivity index is 2.07.